The van der Waals surface area contributed by atoms with Crippen LogP contribution in [0.2, 0.25) is 0 Å². The van der Waals surface area contributed by atoms with Crippen molar-refractivity contribution in [2.24, 2.45) is 5.92 Å². The van der Waals surface area contributed by atoms with E-state index in [2.05, 4.69) is 6.92 Å². The first kappa shape index (κ1) is 11.1. The van der Waals surface area contributed by atoms with Crippen molar-refractivity contribution in [1.82, 2.24) is 4.90 Å². The highest BCUT2D eigenvalue weighted by Gasteiger charge is 2.37. The molecule has 0 N–H and O–H groups in total. The number of amides is 1. The lowest BCUT2D eigenvalue weighted by molar-refractivity contribution is -0.127. The summed E-state index contributed by atoms with van der Waals surface area (Å²) in [4.78, 5) is 13.3. The van der Waals surface area contributed by atoms with Crippen LogP contribution >= 0.6 is 23.2 Å². The van der Waals surface area contributed by atoms with Gasteiger partial charge in [0.2, 0.25) is 5.91 Å². The van der Waals surface area contributed by atoms with Gasteiger partial charge >= 0.3 is 0 Å². The van der Waals surface area contributed by atoms with Crippen LogP contribution in [0.25, 0.3) is 0 Å². The van der Waals surface area contributed by atoms with Crippen LogP contribution in [0, 0.1) is 5.92 Å². The predicted octanol–water partition coefficient (Wildman–Crippen LogP) is 2.09. The summed E-state index contributed by atoms with van der Waals surface area (Å²) >= 11 is 11.6. The van der Waals surface area contributed by atoms with E-state index in [9.17, 15) is 4.79 Å². The lowest BCUT2D eigenvalue weighted by atomic mass is 10.1. The van der Waals surface area contributed by atoms with Gasteiger partial charge in [0.05, 0.1) is 0 Å². The Balaban J connectivity index is 2.45. The zero-order valence-corrected chi connectivity index (χ0v) is 9.31. The van der Waals surface area contributed by atoms with E-state index >= 15 is 0 Å². The van der Waals surface area contributed by atoms with Crippen molar-refractivity contribution in [2.75, 3.05) is 19.0 Å². The van der Waals surface area contributed by atoms with Gasteiger partial charge < -0.3 is 4.90 Å². The Morgan fingerprint density at radius 3 is 2.77 bits per heavy atom. The molecule has 0 aromatic carbocycles. The highest BCUT2D eigenvalue weighted by atomic mass is 35.5. The molecule has 0 aromatic heterocycles. The summed E-state index contributed by atoms with van der Waals surface area (Å²) in [7, 11) is 0. The second-order valence-electron chi connectivity index (χ2n) is 3.45. The average Bonchev–Trinajstić information content (AvgIpc) is 2.41. The molecule has 0 bridgehead atoms. The molecule has 0 radical (unpaired) electrons. The highest BCUT2D eigenvalue weighted by molar-refractivity contribution is 6.32. The second-order valence-corrected chi connectivity index (χ2v) is 4.23. The van der Waals surface area contributed by atoms with Gasteiger partial charge in [-0.3, -0.25) is 4.79 Å². The normalized spacial score (nSPS) is 28.5. The molecule has 13 heavy (non-hydrogen) atoms. The van der Waals surface area contributed by atoms with E-state index in [1.54, 1.807) is 0 Å². The van der Waals surface area contributed by atoms with Gasteiger partial charge in [-0.05, 0) is 6.42 Å². The number of likely N-dealkylation sites (tertiary alicyclic amines) is 1. The number of carbonyl (C=O) groups excluding carboxylic acids is 1. The minimum absolute atomic E-state index is 0.0563. The maximum atomic E-state index is 11.5. The van der Waals surface area contributed by atoms with E-state index in [1.165, 1.54) is 0 Å². The third-order valence-electron chi connectivity index (χ3n) is 2.40. The van der Waals surface area contributed by atoms with Crippen molar-refractivity contribution in [3.8, 4) is 0 Å². The summed E-state index contributed by atoms with van der Waals surface area (Å²) in [5.74, 6) is 0.663. The SMILES string of the molecule is CCCCN1CC(CCl)C(Cl)C1=O. The maximum Gasteiger partial charge on any atom is 0.241 e. The fraction of sp³-hybridized carbons (Fsp3) is 0.889. The summed E-state index contributed by atoms with van der Waals surface area (Å²) in [5, 5.41) is -0.394. The molecule has 1 saturated heterocycles. The monoisotopic (exact) mass is 223 g/mol. The van der Waals surface area contributed by atoms with Crippen molar-refractivity contribution in [2.45, 2.75) is 25.1 Å². The fourth-order valence-electron chi connectivity index (χ4n) is 1.52. The third-order valence-corrected chi connectivity index (χ3v) is 3.34. The lowest BCUT2D eigenvalue weighted by Crippen LogP contribution is -2.28. The molecule has 1 amide bonds. The smallest absolute Gasteiger partial charge is 0.241 e. The Hall–Kier alpha value is 0.0500. The Morgan fingerprint density at radius 1 is 1.62 bits per heavy atom. The molecule has 1 rings (SSSR count). The molecule has 76 valence electrons. The van der Waals surface area contributed by atoms with E-state index in [1.807, 2.05) is 4.90 Å². The molecule has 2 atom stereocenters. The largest absolute Gasteiger partial charge is 0.341 e. The van der Waals surface area contributed by atoms with Gasteiger partial charge in [-0.25, -0.2) is 0 Å². The first-order valence-corrected chi connectivity index (χ1v) is 5.66. The molecule has 0 spiro atoms. The van der Waals surface area contributed by atoms with E-state index in [-0.39, 0.29) is 11.8 Å². The van der Waals surface area contributed by atoms with Crippen molar-refractivity contribution >= 4 is 29.1 Å². The van der Waals surface area contributed by atoms with Gasteiger partial charge in [0.15, 0.2) is 0 Å². The van der Waals surface area contributed by atoms with Gasteiger partial charge in [0, 0.05) is 24.9 Å². The molecule has 2 unspecified atom stereocenters. The van der Waals surface area contributed by atoms with E-state index in [4.69, 9.17) is 23.2 Å². The number of rotatable bonds is 4. The zero-order valence-electron chi connectivity index (χ0n) is 7.80. The molecule has 0 aliphatic carbocycles. The molecule has 0 aromatic rings. The third kappa shape index (κ3) is 2.50. The average molecular weight is 224 g/mol. The summed E-state index contributed by atoms with van der Waals surface area (Å²) in [6.07, 6.45) is 2.15. The fourth-order valence-corrected chi connectivity index (χ4v) is 2.19. The van der Waals surface area contributed by atoms with Crippen molar-refractivity contribution in [3.63, 3.8) is 0 Å². The standard InChI is InChI=1S/C9H15Cl2NO/c1-2-3-4-12-6-7(5-10)8(11)9(12)13/h7-8H,2-6H2,1H3. The van der Waals surface area contributed by atoms with Crippen LogP contribution in [-0.2, 0) is 4.79 Å². The molecule has 4 heteroatoms. The van der Waals surface area contributed by atoms with E-state index in [0.29, 0.717) is 5.88 Å². The van der Waals surface area contributed by atoms with Crippen LogP contribution in [0.1, 0.15) is 19.8 Å². The second kappa shape index (κ2) is 5.06. The molecular weight excluding hydrogens is 209 g/mol. The number of halogens is 2. The van der Waals surface area contributed by atoms with Crippen molar-refractivity contribution < 1.29 is 4.79 Å². The molecule has 1 fully saturated rings. The van der Waals surface area contributed by atoms with Crippen LogP contribution in [0.4, 0.5) is 0 Å². The Morgan fingerprint density at radius 2 is 2.31 bits per heavy atom. The quantitative estimate of drug-likeness (QED) is 0.669. The van der Waals surface area contributed by atoms with Gasteiger partial charge in [0.1, 0.15) is 5.38 Å². The maximum absolute atomic E-state index is 11.5. The van der Waals surface area contributed by atoms with Crippen molar-refractivity contribution in [3.05, 3.63) is 0 Å². The number of carbonyl (C=O) groups is 1. The molecule has 2 nitrogen and oxygen atoms in total. The molecular formula is C9H15Cl2NO. The first-order valence-electron chi connectivity index (χ1n) is 4.69. The molecule has 1 aliphatic heterocycles. The number of hydrogen-bond acceptors (Lipinski definition) is 1. The van der Waals surface area contributed by atoms with Gasteiger partial charge in [-0.1, -0.05) is 13.3 Å². The highest BCUT2D eigenvalue weighted by Crippen LogP contribution is 2.24. The minimum Gasteiger partial charge on any atom is -0.341 e. The molecule has 0 saturated carbocycles. The number of hydrogen-bond donors (Lipinski definition) is 0. The Labute approximate surface area is 89.2 Å². The van der Waals surface area contributed by atoms with Gasteiger partial charge in [0.25, 0.3) is 0 Å². The molecule has 1 aliphatic rings. The Bertz CT molecular complexity index is 186. The van der Waals surface area contributed by atoms with Crippen molar-refractivity contribution in [1.29, 1.82) is 0 Å². The van der Waals surface area contributed by atoms with Crippen LogP contribution in [0.15, 0.2) is 0 Å². The first-order chi connectivity index (χ1) is 6.20. The number of alkyl halides is 2. The minimum atomic E-state index is -0.394. The van der Waals surface area contributed by atoms with Crippen LogP contribution < -0.4 is 0 Å². The summed E-state index contributed by atoms with van der Waals surface area (Å²) in [5.41, 5.74) is 0. The van der Waals surface area contributed by atoms with Crippen LogP contribution in [-0.4, -0.2) is 35.2 Å². The van der Waals surface area contributed by atoms with Crippen LogP contribution in [0.3, 0.4) is 0 Å². The lowest BCUT2D eigenvalue weighted by Gasteiger charge is -2.14. The zero-order chi connectivity index (χ0) is 9.84. The predicted molar refractivity (Wildman–Crippen MR) is 55.3 cm³/mol. The number of unbranched alkanes of at least 4 members (excludes halogenated alkanes) is 1. The Kier molecular flexibility index (Phi) is 4.33. The van der Waals surface area contributed by atoms with E-state index in [0.717, 1.165) is 25.9 Å². The summed E-state index contributed by atoms with van der Waals surface area (Å²) in [6, 6.07) is 0. The molecule has 1 heterocycles. The topological polar surface area (TPSA) is 20.3 Å². The van der Waals surface area contributed by atoms with Crippen LogP contribution in [0.5, 0.6) is 0 Å². The van der Waals surface area contributed by atoms with Gasteiger partial charge in [-0.2, -0.15) is 0 Å². The summed E-state index contributed by atoms with van der Waals surface area (Å²) in [6.45, 7) is 3.67. The number of nitrogens with zero attached hydrogens (tertiary/aromatic N) is 1. The summed E-state index contributed by atoms with van der Waals surface area (Å²) < 4.78 is 0. The van der Waals surface area contributed by atoms with E-state index < -0.39 is 5.38 Å². The van der Waals surface area contributed by atoms with Gasteiger partial charge in [-0.15, -0.1) is 23.2 Å².